The van der Waals surface area contributed by atoms with Gasteiger partial charge in [-0.1, -0.05) is 11.6 Å². The average molecular weight is 426 g/mol. The third-order valence-electron chi connectivity index (χ3n) is 3.42. The SMILES string of the molecule is O=C1c2c(I)cn(-c3cc(F)cc(Cl)c3)c2CCC1(F)F. The first-order valence-corrected chi connectivity index (χ1v) is 7.54. The summed E-state index contributed by atoms with van der Waals surface area (Å²) in [5, 5.41) is 0.204. The predicted octanol–water partition coefficient (Wildman–Crippen LogP) is 4.64. The molecule has 0 unspecified atom stereocenters. The second-order valence-corrected chi connectivity index (χ2v) is 6.43. The summed E-state index contributed by atoms with van der Waals surface area (Å²) >= 11 is 7.66. The molecule has 110 valence electrons. The van der Waals surface area contributed by atoms with Gasteiger partial charge in [0, 0.05) is 32.6 Å². The number of carbonyl (C=O) groups is 1. The molecule has 0 amide bonds. The number of aromatic nitrogens is 1. The van der Waals surface area contributed by atoms with Gasteiger partial charge in [-0.2, -0.15) is 8.78 Å². The first kappa shape index (κ1) is 14.9. The van der Waals surface area contributed by atoms with Gasteiger partial charge < -0.3 is 4.57 Å². The highest BCUT2D eigenvalue weighted by molar-refractivity contribution is 14.1. The molecule has 1 aliphatic rings. The van der Waals surface area contributed by atoms with Gasteiger partial charge in [-0.3, -0.25) is 4.79 Å². The van der Waals surface area contributed by atoms with Crippen molar-refractivity contribution in [2.45, 2.75) is 18.8 Å². The molecule has 1 aliphatic carbocycles. The van der Waals surface area contributed by atoms with Crippen molar-refractivity contribution in [3.8, 4) is 5.69 Å². The summed E-state index contributed by atoms with van der Waals surface area (Å²) in [7, 11) is 0. The van der Waals surface area contributed by atoms with Gasteiger partial charge in [-0.15, -0.1) is 0 Å². The second-order valence-electron chi connectivity index (χ2n) is 4.83. The second kappa shape index (κ2) is 5.01. The van der Waals surface area contributed by atoms with Gasteiger partial charge in [0.25, 0.3) is 0 Å². The number of rotatable bonds is 1. The molecule has 1 heterocycles. The molecule has 2 aromatic rings. The van der Waals surface area contributed by atoms with E-state index in [1.807, 2.05) is 22.6 Å². The molecule has 0 radical (unpaired) electrons. The van der Waals surface area contributed by atoms with Crippen molar-refractivity contribution in [1.82, 2.24) is 4.57 Å². The van der Waals surface area contributed by atoms with E-state index in [1.54, 1.807) is 10.8 Å². The number of Topliss-reactive ketones (excluding diaryl/α,β-unsaturated/α-hetero) is 1. The maximum absolute atomic E-state index is 13.6. The zero-order valence-corrected chi connectivity index (χ0v) is 13.4. The molecule has 21 heavy (non-hydrogen) atoms. The van der Waals surface area contributed by atoms with Crippen LogP contribution in [0, 0.1) is 9.39 Å². The third-order valence-corrected chi connectivity index (χ3v) is 4.46. The zero-order chi connectivity index (χ0) is 15.4. The smallest absolute Gasteiger partial charge is 0.310 e. The van der Waals surface area contributed by atoms with E-state index in [9.17, 15) is 18.0 Å². The van der Waals surface area contributed by atoms with Crippen LogP contribution in [0.2, 0.25) is 5.02 Å². The van der Waals surface area contributed by atoms with Crippen LogP contribution in [0.5, 0.6) is 0 Å². The fourth-order valence-electron chi connectivity index (χ4n) is 2.48. The van der Waals surface area contributed by atoms with Crippen molar-refractivity contribution in [3.05, 3.63) is 50.1 Å². The molecule has 0 saturated heterocycles. The topological polar surface area (TPSA) is 22.0 Å². The Morgan fingerprint density at radius 3 is 2.67 bits per heavy atom. The fourth-order valence-corrected chi connectivity index (χ4v) is 3.53. The van der Waals surface area contributed by atoms with Crippen LogP contribution < -0.4 is 0 Å². The van der Waals surface area contributed by atoms with E-state index < -0.39 is 23.9 Å². The van der Waals surface area contributed by atoms with Gasteiger partial charge >= 0.3 is 5.92 Å². The lowest BCUT2D eigenvalue weighted by Crippen LogP contribution is -2.34. The normalized spacial score (nSPS) is 16.9. The van der Waals surface area contributed by atoms with Crippen molar-refractivity contribution < 1.29 is 18.0 Å². The highest BCUT2D eigenvalue weighted by atomic mass is 127. The van der Waals surface area contributed by atoms with E-state index in [1.165, 1.54) is 12.1 Å². The van der Waals surface area contributed by atoms with Crippen LogP contribution in [0.4, 0.5) is 13.2 Å². The van der Waals surface area contributed by atoms with Gasteiger partial charge in [0.2, 0.25) is 5.78 Å². The van der Waals surface area contributed by atoms with Crippen LogP contribution in [0.3, 0.4) is 0 Å². The molecular formula is C14H8ClF3INO. The molecule has 1 aromatic carbocycles. The van der Waals surface area contributed by atoms with Crippen molar-refractivity contribution in [2.75, 3.05) is 0 Å². The van der Waals surface area contributed by atoms with Crippen molar-refractivity contribution in [1.29, 1.82) is 0 Å². The van der Waals surface area contributed by atoms with E-state index in [4.69, 9.17) is 11.6 Å². The summed E-state index contributed by atoms with van der Waals surface area (Å²) in [6.45, 7) is 0. The van der Waals surface area contributed by atoms with Crippen molar-refractivity contribution >= 4 is 40.0 Å². The Bertz CT molecular complexity index is 737. The molecule has 0 spiro atoms. The fraction of sp³-hybridized carbons (Fsp3) is 0.214. The number of halogens is 5. The number of ketones is 1. The summed E-state index contributed by atoms with van der Waals surface area (Å²) in [6, 6.07) is 3.93. The molecule has 3 rings (SSSR count). The Labute approximate surface area is 137 Å². The van der Waals surface area contributed by atoms with Crippen LogP contribution in [0.1, 0.15) is 22.5 Å². The van der Waals surface area contributed by atoms with E-state index >= 15 is 0 Å². The van der Waals surface area contributed by atoms with E-state index in [0.717, 1.165) is 6.07 Å². The Hall–Kier alpha value is -1.02. The summed E-state index contributed by atoms with van der Waals surface area (Å²) in [5.41, 5.74) is 0.904. The standard InChI is InChI=1S/C14H8ClF3INO/c15-7-3-8(16)5-9(4-7)20-6-10(19)12-11(20)1-2-14(17,18)13(12)21/h3-6H,1-2H2. The van der Waals surface area contributed by atoms with E-state index in [-0.39, 0.29) is 17.0 Å². The first-order chi connectivity index (χ1) is 9.79. The first-order valence-electron chi connectivity index (χ1n) is 6.08. The molecule has 2 nitrogen and oxygen atoms in total. The minimum absolute atomic E-state index is 0.0206. The van der Waals surface area contributed by atoms with Crippen LogP contribution in [-0.2, 0) is 6.42 Å². The maximum Gasteiger partial charge on any atom is 0.310 e. The molecule has 1 aromatic heterocycles. The average Bonchev–Trinajstić information content (AvgIpc) is 2.71. The highest BCUT2D eigenvalue weighted by Crippen LogP contribution is 2.37. The number of nitrogens with zero attached hydrogens (tertiary/aromatic N) is 1. The lowest BCUT2D eigenvalue weighted by atomic mass is 9.93. The van der Waals surface area contributed by atoms with Crippen molar-refractivity contribution in [2.24, 2.45) is 0 Å². The minimum atomic E-state index is -3.33. The highest BCUT2D eigenvalue weighted by Gasteiger charge is 2.45. The Morgan fingerprint density at radius 2 is 2.00 bits per heavy atom. The number of benzene rings is 1. The Morgan fingerprint density at radius 1 is 1.29 bits per heavy atom. The number of hydrogen-bond acceptors (Lipinski definition) is 1. The molecule has 0 fully saturated rings. The molecule has 0 atom stereocenters. The minimum Gasteiger partial charge on any atom is -0.319 e. The van der Waals surface area contributed by atoms with E-state index in [0.29, 0.717) is 15.0 Å². The Kier molecular flexibility index (Phi) is 3.56. The maximum atomic E-state index is 13.6. The summed E-state index contributed by atoms with van der Waals surface area (Å²) < 4.78 is 42.6. The summed E-state index contributed by atoms with van der Waals surface area (Å²) in [6.07, 6.45) is 1.06. The molecular weight excluding hydrogens is 418 g/mol. The van der Waals surface area contributed by atoms with Gasteiger partial charge in [0.1, 0.15) is 5.82 Å². The lowest BCUT2D eigenvalue weighted by molar-refractivity contribution is 0.00165. The summed E-state index contributed by atoms with van der Waals surface area (Å²) in [4.78, 5) is 11.9. The molecule has 7 heteroatoms. The van der Waals surface area contributed by atoms with Gasteiger partial charge in [0.15, 0.2) is 0 Å². The predicted molar refractivity (Wildman–Crippen MR) is 81.1 cm³/mol. The molecule has 0 saturated carbocycles. The monoisotopic (exact) mass is 425 g/mol. The van der Waals surface area contributed by atoms with Gasteiger partial charge in [0.05, 0.1) is 5.56 Å². The van der Waals surface area contributed by atoms with E-state index in [2.05, 4.69) is 0 Å². The van der Waals surface area contributed by atoms with Crippen LogP contribution >= 0.6 is 34.2 Å². The van der Waals surface area contributed by atoms with Crippen LogP contribution in [0.25, 0.3) is 5.69 Å². The zero-order valence-electron chi connectivity index (χ0n) is 10.5. The lowest BCUT2D eigenvalue weighted by Gasteiger charge is -2.22. The molecule has 0 bridgehead atoms. The van der Waals surface area contributed by atoms with Crippen molar-refractivity contribution in [3.63, 3.8) is 0 Å². The van der Waals surface area contributed by atoms with Crippen LogP contribution in [0.15, 0.2) is 24.4 Å². The largest absolute Gasteiger partial charge is 0.319 e. The molecule has 0 aliphatic heterocycles. The van der Waals surface area contributed by atoms with Crippen LogP contribution in [-0.4, -0.2) is 16.3 Å². The number of fused-ring (bicyclic) bond motifs is 1. The number of hydrogen-bond donors (Lipinski definition) is 0. The van der Waals surface area contributed by atoms with Gasteiger partial charge in [-0.25, -0.2) is 4.39 Å². The quantitative estimate of drug-likeness (QED) is 0.610. The number of carbonyl (C=O) groups excluding carboxylic acids is 1. The van der Waals surface area contributed by atoms with Gasteiger partial charge in [-0.05, 0) is 47.2 Å². The Balaban J connectivity index is 2.20. The third kappa shape index (κ3) is 2.48. The summed E-state index contributed by atoms with van der Waals surface area (Å²) in [5.74, 6) is -5.03. The number of alkyl halides is 2. The molecule has 0 N–H and O–H groups in total.